The number of amides is 1. The number of nitrogens with one attached hydrogen (secondary N) is 2. The Labute approximate surface area is 149 Å². The van der Waals surface area contributed by atoms with Crippen LogP contribution >= 0.6 is 11.3 Å². The quantitative estimate of drug-likeness (QED) is 0.505. The lowest BCUT2D eigenvalue weighted by Gasteiger charge is -2.02. The van der Waals surface area contributed by atoms with E-state index in [0.29, 0.717) is 21.7 Å². The second-order valence-electron chi connectivity index (χ2n) is 5.73. The number of hydrogen-bond donors (Lipinski definition) is 2. The Hall–Kier alpha value is -3.52. The minimum absolute atomic E-state index is 0.261. The van der Waals surface area contributed by atoms with Gasteiger partial charge in [-0.25, -0.2) is 9.50 Å². The highest BCUT2D eigenvalue weighted by Crippen LogP contribution is 2.26. The predicted molar refractivity (Wildman–Crippen MR) is 101 cm³/mol. The molecule has 0 bridgehead atoms. The van der Waals surface area contributed by atoms with Crippen molar-refractivity contribution in [1.29, 1.82) is 0 Å². The van der Waals surface area contributed by atoms with Crippen LogP contribution in [0, 0.1) is 0 Å². The molecule has 2 N–H and O–H groups in total. The van der Waals surface area contributed by atoms with Crippen LogP contribution in [0.4, 0.5) is 5.13 Å². The largest absolute Gasteiger partial charge is 0.306 e. The van der Waals surface area contributed by atoms with Crippen molar-refractivity contribution < 1.29 is 4.79 Å². The summed E-state index contributed by atoms with van der Waals surface area (Å²) in [4.78, 5) is 32.1. The average Bonchev–Trinajstić information content (AvgIpc) is 3.25. The second kappa shape index (κ2) is 5.50. The van der Waals surface area contributed by atoms with Gasteiger partial charge in [0.25, 0.3) is 11.5 Å². The molecular formula is C18H11N5O2S. The Kier molecular flexibility index (Phi) is 3.13. The molecule has 2 aromatic carbocycles. The summed E-state index contributed by atoms with van der Waals surface area (Å²) in [7, 11) is 0. The van der Waals surface area contributed by atoms with E-state index >= 15 is 0 Å². The van der Waals surface area contributed by atoms with Gasteiger partial charge in [0.1, 0.15) is 11.2 Å². The highest BCUT2D eigenvalue weighted by molar-refractivity contribution is 7.22. The number of nitrogens with zero attached hydrogens (tertiary/aromatic N) is 3. The van der Waals surface area contributed by atoms with Gasteiger partial charge in [0.2, 0.25) is 0 Å². The Morgan fingerprint density at radius 2 is 1.92 bits per heavy atom. The summed E-state index contributed by atoms with van der Waals surface area (Å²) in [5.41, 5.74) is 1.85. The Morgan fingerprint density at radius 3 is 2.81 bits per heavy atom. The van der Waals surface area contributed by atoms with E-state index in [1.54, 1.807) is 22.7 Å². The second-order valence-corrected chi connectivity index (χ2v) is 6.76. The summed E-state index contributed by atoms with van der Waals surface area (Å²) in [5, 5.41) is 8.06. The number of H-pyrrole nitrogens is 1. The Bertz CT molecular complexity index is 1330. The molecule has 0 spiro atoms. The third-order valence-electron chi connectivity index (χ3n) is 4.14. The van der Waals surface area contributed by atoms with Crippen molar-refractivity contribution in [3.8, 4) is 0 Å². The molecule has 1 amide bonds. The summed E-state index contributed by atoms with van der Waals surface area (Å²) < 4.78 is 2.55. The van der Waals surface area contributed by atoms with Gasteiger partial charge in [0.15, 0.2) is 5.13 Å². The number of para-hydroxylation sites is 2. The topological polar surface area (TPSA) is 92.2 Å². The molecule has 0 radical (unpaired) electrons. The molecule has 5 aromatic rings. The third kappa shape index (κ3) is 2.20. The number of benzene rings is 2. The van der Waals surface area contributed by atoms with E-state index in [1.165, 1.54) is 17.5 Å². The van der Waals surface area contributed by atoms with E-state index in [1.807, 2.05) is 30.3 Å². The molecule has 8 heteroatoms. The molecule has 3 heterocycles. The minimum atomic E-state index is -0.370. The number of aromatic amines is 1. The van der Waals surface area contributed by atoms with E-state index in [4.69, 9.17) is 0 Å². The smallest absolute Gasteiger partial charge is 0.262 e. The molecule has 26 heavy (non-hydrogen) atoms. The summed E-state index contributed by atoms with van der Waals surface area (Å²) in [5.74, 6) is -0.370. The van der Waals surface area contributed by atoms with Gasteiger partial charge in [-0.1, -0.05) is 35.6 Å². The number of carbonyl (C=O) groups excluding carboxylic acids is 1. The van der Waals surface area contributed by atoms with E-state index in [-0.39, 0.29) is 17.0 Å². The first-order valence-corrected chi connectivity index (χ1v) is 8.68. The normalized spacial score (nSPS) is 11.4. The maximum Gasteiger partial charge on any atom is 0.262 e. The fourth-order valence-electron chi connectivity index (χ4n) is 2.93. The molecule has 0 saturated carbocycles. The number of fused-ring (bicyclic) bond motifs is 4. The van der Waals surface area contributed by atoms with Crippen LogP contribution in [0.3, 0.4) is 0 Å². The van der Waals surface area contributed by atoms with Crippen molar-refractivity contribution in [2.24, 2.45) is 0 Å². The van der Waals surface area contributed by atoms with Gasteiger partial charge in [-0.15, -0.1) is 0 Å². The van der Waals surface area contributed by atoms with Crippen molar-refractivity contribution in [3.63, 3.8) is 0 Å². The molecule has 3 aromatic heterocycles. The summed E-state index contributed by atoms with van der Waals surface area (Å²) >= 11 is 1.39. The lowest BCUT2D eigenvalue weighted by Crippen LogP contribution is -2.15. The lowest BCUT2D eigenvalue weighted by molar-refractivity contribution is 0.102. The minimum Gasteiger partial charge on any atom is -0.306 e. The molecule has 0 fully saturated rings. The number of thiazole rings is 1. The number of aromatic nitrogens is 4. The number of rotatable bonds is 2. The lowest BCUT2D eigenvalue weighted by atomic mass is 10.2. The highest BCUT2D eigenvalue weighted by atomic mass is 32.1. The molecule has 126 valence electrons. The molecule has 0 aliphatic carbocycles. The molecule has 7 nitrogen and oxygen atoms in total. The first-order chi connectivity index (χ1) is 12.7. The zero-order valence-electron chi connectivity index (χ0n) is 13.3. The van der Waals surface area contributed by atoms with Crippen LogP contribution in [0.25, 0.3) is 26.8 Å². The molecule has 0 saturated heterocycles. The van der Waals surface area contributed by atoms with Crippen LogP contribution in [0.1, 0.15) is 10.4 Å². The molecule has 5 rings (SSSR count). The standard InChI is InChI=1S/C18H11N5O2S/c24-16-10-5-1-3-7-13(10)23-15(21-16)11(9-19-23)17(25)22-18-20-12-6-2-4-8-14(12)26-18/h1-9H,(H,21,24)(H,20,22,25). The van der Waals surface area contributed by atoms with Crippen molar-refractivity contribution in [2.45, 2.75) is 0 Å². The summed E-state index contributed by atoms with van der Waals surface area (Å²) in [6.07, 6.45) is 1.44. The van der Waals surface area contributed by atoms with Gasteiger partial charge in [-0.05, 0) is 24.3 Å². The van der Waals surface area contributed by atoms with Gasteiger partial charge in [-0.3, -0.25) is 14.9 Å². The summed E-state index contributed by atoms with van der Waals surface area (Å²) in [6.45, 7) is 0. The zero-order chi connectivity index (χ0) is 17.7. The van der Waals surface area contributed by atoms with Gasteiger partial charge in [0, 0.05) is 0 Å². The van der Waals surface area contributed by atoms with Crippen LogP contribution in [-0.4, -0.2) is 25.5 Å². The monoisotopic (exact) mass is 361 g/mol. The van der Waals surface area contributed by atoms with Crippen molar-refractivity contribution >= 4 is 49.1 Å². The highest BCUT2D eigenvalue weighted by Gasteiger charge is 2.17. The van der Waals surface area contributed by atoms with Crippen molar-refractivity contribution in [1.82, 2.24) is 19.6 Å². The van der Waals surface area contributed by atoms with Crippen LogP contribution < -0.4 is 10.9 Å². The SMILES string of the molecule is O=C(Nc1nc2ccccc2s1)c1cnn2c1[nH]c(=O)c1ccccc12. The molecule has 0 aliphatic rings. The van der Waals surface area contributed by atoms with Crippen LogP contribution in [0.15, 0.2) is 59.5 Å². The van der Waals surface area contributed by atoms with Gasteiger partial charge < -0.3 is 4.98 Å². The maximum absolute atomic E-state index is 12.7. The fraction of sp³-hybridized carbons (Fsp3) is 0. The van der Waals surface area contributed by atoms with Gasteiger partial charge >= 0.3 is 0 Å². The van der Waals surface area contributed by atoms with Crippen LogP contribution in [0.5, 0.6) is 0 Å². The van der Waals surface area contributed by atoms with E-state index in [2.05, 4.69) is 20.4 Å². The average molecular weight is 361 g/mol. The first-order valence-electron chi connectivity index (χ1n) is 7.86. The number of carbonyl (C=O) groups is 1. The zero-order valence-corrected chi connectivity index (χ0v) is 14.1. The van der Waals surface area contributed by atoms with E-state index < -0.39 is 0 Å². The molecule has 0 unspecified atom stereocenters. The Morgan fingerprint density at radius 1 is 1.12 bits per heavy atom. The maximum atomic E-state index is 12.7. The van der Waals surface area contributed by atoms with Crippen LogP contribution in [0.2, 0.25) is 0 Å². The predicted octanol–water partition coefficient (Wildman–Crippen LogP) is 3.04. The van der Waals surface area contributed by atoms with Crippen molar-refractivity contribution in [2.75, 3.05) is 5.32 Å². The van der Waals surface area contributed by atoms with Crippen molar-refractivity contribution in [3.05, 3.63) is 70.6 Å². The number of hydrogen-bond acceptors (Lipinski definition) is 5. The van der Waals surface area contributed by atoms with Gasteiger partial charge in [-0.2, -0.15) is 5.10 Å². The molecule has 0 aliphatic heterocycles. The van der Waals surface area contributed by atoms with E-state index in [9.17, 15) is 9.59 Å². The third-order valence-corrected chi connectivity index (χ3v) is 5.09. The molecular weight excluding hydrogens is 350 g/mol. The van der Waals surface area contributed by atoms with Gasteiger partial charge in [0.05, 0.1) is 27.3 Å². The Balaban J connectivity index is 1.60. The van der Waals surface area contributed by atoms with Crippen LogP contribution in [-0.2, 0) is 0 Å². The molecule has 0 atom stereocenters. The fourth-order valence-corrected chi connectivity index (χ4v) is 3.79. The summed E-state index contributed by atoms with van der Waals surface area (Å²) in [6, 6.07) is 14.8. The first kappa shape index (κ1) is 14.8. The number of anilines is 1. The van der Waals surface area contributed by atoms with E-state index in [0.717, 1.165) is 10.2 Å².